The van der Waals surface area contributed by atoms with Crippen molar-refractivity contribution < 1.29 is 23.7 Å². The highest BCUT2D eigenvalue weighted by Gasteiger charge is 2.20. The average Bonchev–Trinajstić information content (AvgIpc) is 2.62. The quantitative estimate of drug-likeness (QED) is 0.457. The maximum atomic E-state index is 12.4. The first-order valence-corrected chi connectivity index (χ1v) is 9.02. The molecule has 0 fully saturated rings. The summed E-state index contributed by atoms with van der Waals surface area (Å²) in [7, 11) is 3.15. The molecule has 136 valence electrons. The Morgan fingerprint density at radius 3 is 2.48 bits per heavy atom. The molecule has 0 radical (unpaired) electrons. The van der Waals surface area contributed by atoms with Gasteiger partial charge in [-0.15, -0.1) is 0 Å². The van der Waals surface area contributed by atoms with Gasteiger partial charge >= 0.3 is 6.09 Å². The van der Waals surface area contributed by atoms with Crippen molar-refractivity contribution in [3.63, 3.8) is 0 Å². The van der Waals surface area contributed by atoms with E-state index < -0.39 is 0 Å². The van der Waals surface area contributed by atoms with E-state index in [0.717, 1.165) is 14.3 Å². The van der Waals surface area contributed by atoms with Crippen LogP contribution >= 0.6 is 22.6 Å². The molecule has 0 aliphatic rings. The second kappa shape index (κ2) is 9.10. The molecule has 2 aromatic carbocycles. The van der Waals surface area contributed by atoms with Crippen LogP contribution in [0, 0.1) is 3.57 Å². The summed E-state index contributed by atoms with van der Waals surface area (Å²) < 4.78 is 22.6. The molecule has 0 N–H and O–H groups in total. The smallest absolute Gasteiger partial charge is 0.415 e. The number of nitrogens with zero attached hydrogens (tertiary/aromatic N) is 1. The highest BCUT2D eigenvalue weighted by molar-refractivity contribution is 14.1. The number of carbonyl (C=O) groups is 1. The van der Waals surface area contributed by atoms with Crippen molar-refractivity contribution in [1.82, 2.24) is 4.90 Å². The van der Waals surface area contributed by atoms with E-state index in [1.165, 1.54) is 0 Å². The van der Waals surface area contributed by atoms with Crippen LogP contribution in [0.2, 0.25) is 0 Å². The highest BCUT2D eigenvalue weighted by atomic mass is 127. The summed E-state index contributed by atoms with van der Waals surface area (Å²) in [6, 6.07) is 7.38. The Balaban J connectivity index is 2.57. The average molecular weight is 459 g/mol. The number of benzene rings is 2. The highest BCUT2D eigenvalue weighted by Crippen LogP contribution is 2.42. The number of amides is 1. The molecule has 0 heterocycles. The Labute approximate surface area is 161 Å². The third kappa shape index (κ3) is 4.27. The molecule has 0 saturated carbocycles. The van der Waals surface area contributed by atoms with Gasteiger partial charge in [0.2, 0.25) is 0 Å². The van der Waals surface area contributed by atoms with Crippen LogP contribution in [0.5, 0.6) is 17.2 Å². The molecule has 0 unspecified atom stereocenters. The van der Waals surface area contributed by atoms with E-state index in [9.17, 15) is 4.79 Å². The van der Waals surface area contributed by atoms with Crippen molar-refractivity contribution in [2.45, 2.75) is 13.8 Å². The van der Waals surface area contributed by atoms with Gasteiger partial charge < -0.3 is 23.8 Å². The van der Waals surface area contributed by atoms with Gasteiger partial charge in [0.25, 0.3) is 0 Å². The van der Waals surface area contributed by atoms with Crippen LogP contribution in [0.1, 0.15) is 13.8 Å². The second-order valence-electron chi connectivity index (χ2n) is 5.16. The zero-order valence-corrected chi connectivity index (χ0v) is 17.0. The molecule has 0 spiro atoms. The largest absolute Gasteiger partial charge is 0.496 e. The minimum absolute atomic E-state index is 0.114. The van der Waals surface area contributed by atoms with Crippen LogP contribution in [0.15, 0.2) is 24.3 Å². The SMILES string of the molecule is CCN(CC)C(=O)Oc1c(I)cc(OC)c2c(OCOC)cccc12. The third-order valence-electron chi connectivity index (χ3n) is 3.76. The van der Waals surface area contributed by atoms with E-state index in [4.69, 9.17) is 18.9 Å². The third-order valence-corrected chi connectivity index (χ3v) is 4.56. The van der Waals surface area contributed by atoms with Gasteiger partial charge in [-0.05, 0) is 48.6 Å². The molecule has 0 aliphatic heterocycles. The Morgan fingerprint density at radius 1 is 1.16 bits per heavy atom. The summed E-state index contributed by atoms with van der Waals surface area (Å²) in [5.41, 5.74) is 0. The van der Waals surface area contributed by atoms with Crippen LogP contribution in [0.4, 0.5) is 4.79 Å². The van der Waals surface area contributed by atoms with E-state index in [-0.39, 0.29) is 12.9 Å². The van der Waals surface area contributed by atoms with E-state index >= 15 is 0 Å². The van der Waals surface area contributed by atoms with Gasteiger partial charge in [0.1, 0.15) is 11.5 Å². The van der Waals surface area contributed by atoms with Crippen LogP contribution in [0.3, 0.4) is 0 Å². The Hall–Kier alpha value is -1.74. The Morgan fingerprint density at radius 2 is 1.88 bits per heavy atom. The van der Waals surface area contributed by atoms with Gasteiger partial charge in [0.05, 0.1) is 16.1 Å². The number of hydrogen-bond acceptors (Lipinski definition) is 5. The minimum atomic E-state index is -0.377. The normalized spacial score (nSPS) is 10.6. The van der Waals surface area contributed by atoms with Crippen LogP contribution < -0.4 is 14.2 Å². The van der Waals surface area contributed by atoms with Crippen LogP contribution in [-0.4, -0.2) is 45.1 Å². The summed E-state index contributed by atoms with van der Waals surface area (Å²) >= 11 is 2.14. The molecule has 0 saturated heterocycles. The van der Waals surface area contributed by atoms with E-state index in [0.29, 0.717) is 30.3 Å². The number of methoxy groups -OCH3 is 2. The van der Waals surface area contributed by atoms with Crippen molar-refractivity contribution in [3.05, 3.63) is 27.8 Å². The topological polar surface area (TPSA) is 57.2 Å². The van der Waals surface area contributed by atoms with Gasteiger partial charge in [-0.25, -0.2) is 4.79 Å². The predicted octanol–water partition coefficient (Wildman–Crippen LogP) is 4.28. The van der Waals surface area contributed by atoms with E-state index in [1.807, 2.05) is 38.1 Å². The number of fused-ring (bicyclic) bond motifs is 1. The Bertz CT molecular complexity index is 746. The number of carbonyl (C=O) groups excluding carboxylic acids is 1. The summed E-state index contributed by atoms with van der Waals surface area (Å²) in [5, 5.41) is 1.49. The van der Waals surface area contributed by atoms with Crippen molar-refractivity contribution in [1.29, 1.82) is 0 Å². The summed E-state index contributed by atoms with van der Waals surface area (Å²) in [6.07, 6.45) is -0.377. The second-order valence-corrected chi connectivity index (χ2v) is 6.32. The lowest BCUT2D eigenvalue weighted by Crippen LogP contribution is -2.33. The first-order valence-electron chi connectivity index (χ1n) is 7.95. The van der Waals surface area contributed by atoms with Gasteiger partial charge in [-0.2, -0.15) is 0 Å². The molecule has 6 nitrogen and oxygen atoms in total. The maximum absolute atomic E-state index is 12.4. The molecule has 0 atom stereocenters. The summed E-state index contributed by atoms with van der Waals surface area (Å²) in [4.78, 5) is 14.0. The van der Waals surface area contributed by atoms with Crippen molar-refractivity contribution in [3.8, 4) is 17.2 Å². The van der Waals surface area contributed by atoms with Crippen molar-refractivity contribution >= 4 is 39.5 Å². The minimum Gasteiger partial charge on any atom is -0.496 e. The molecule has 0 aromatic heterocycles. The zero-order chi connectivity index (χ0) is 18.4. The van der Waals surface area contributed by atoms with Gasteiger partial charge in [0, 0.05) is 25.6 Å². The molecule has 1 amide bonds. The molecular formula is C18H22INO5. The molecule has 7 heteroatoms. The van der Waals surface area contributed by atoms with E-state index in [1.54, 1.807) is 19.1 Å². The number of rotatable bonds is 7. The van der Waals surface area contributed by atoms with Crippen molar-refractivity contribution in [2.75, 3.05) is 34.1 Å². The first kappa shape index (κ1) is 19.6. The Kier molecular flexibility index (Phi) is 7.12. The molecular weight excluding hydrogens is 437 g/mol. The molecule has 0 bridgehead atoms. The summed E-state index contributed by atoms with van der Waals surface area (Å²) in [5.74, 6) is 1.75. The fraction of sp³-hybridized carbons (Fsp3) is 0.389. The van der Waals surface area contributed by atoms with Gasteiger partial charge in [-0.3, -0.25) is 0 Å². The number of ether oxygens (including phenoxy) is 4. The summed E-state index contributed by atoms with van der Waals surface area (Å²) in [6.45, 7) is 5.12. The molecule has 2 rings (SSSR count). The fourth-order valence-corrected chi connectivity index (χ4v) is 3.18. The predicted molar refractivity (Wildman–Crippen MR) is 105 cm³/mol. The van der Waals surface area contributed by atoms with Crippen LogP contribution in [-0.2, 0) is 4.74 Å². The van der Waals surface area contributed by atoms with E-state index in [2.05, 4.69) is 22.6 Å². The number of hydrogen-bond donors (Lipinski definition) is 0. The van der Waals surface area contributed by atoms with Crippen molar-refractivity contribution in [2.24, 2.45) is 0 Å². The van der Waals surface area contributed by atoms with Crippen LogP contribution in [0.25, 0.3) is 10.8 Å². The zero-order valence-electron chi connectivity index (χ0n) is 14.8. The lowest BCUT2D eigenvalue weighted by atomic mass is 10.1. The van der Waals surface area contributed by atoms with Gasteiger partial charge in [0.15, 0.2) is 12.5 Å². The lowest BCUT2D eigenvalue weighted by Gasteiger charge is -2.20. The van der Waals surface area contributed by atoms with Gasteiger partial charge in [-0.1, -0.05) is 12.1 Å². The standard InChI is InChI=1S/C18H22INO5/c1-5-20(6-2)18(21)25-17-12-8-7-9-14(24-11-22-3)16(12)15(23-4)10-13(17)19/h7-10H,5-6,11H2,1-4H3. The lowest BCUT2D eigenvalue weighted by molar-refractivity contribution is 0.0521. The fourth-order valence-electron chi connectivity index (χ4n) is 2.50. The number of halogens is 1. The molecule has 0 aliphatic carbocycles. The molecule has 25 heavy (non-hydrogen) atoms. The maximum Gasteiger partial charge on any atom is 0.415 e. The monoisotopic (exact) mass is 459 g/mol. The molecule has 2 aromatic rings. The first-order chi connectivity index (χ1) is 12.1.